The Balaban J connectivity index is 1.40. The first-order valence-electron chi connectivity index (χ1n) is 10.7. The number of benzene rings is 2. The van der Waals surface area contributed by atoms with E-state index in [2.05, 4.69) is 60.8 Å². The van der Waals surface area contributed by atoms with Crippen LogP contribution in [0.4, 0.5) is 23.3 Å². The topological polar surface area (TPSA) is 90.5 Å². The molecule has 162 valence electrons. The normalized spacial score (nSPS) is 14.2. The maximum atomic E-state index is 5.49. The first-order chi connectivity index (χ1) is 15.7. The lowest BCUT2D eigenvalue weighted by Crippen LogP contribution is -2.36. The van der Waals surface area contributed by atoms with Crippen LogP contribution >= 0.6 is 0 Å². The van der Waals surface area contributed by atoms with E-state index < -0.39 is 0 Å². The third-order valence-electron chi connectivity index (χ3n) is 5.36. The third kappa shape index (κ3) is 4.55. The molecule has 32 heavy (non-hydrogen) atoms. The Labute approximate surface area is 186 Å². The molecule has 3 N–H and O–H groups in total. The summed E-state index contributed by atoms with van der Waals surface area (Å²) in [5.74, 6) is 1.97. The van der Waals surface area contributed by atoms with Gasteiger partial charge < -0.3 is 19.9 Å². The number of aromatic amines is 1. The monoisotopic (exact) mass is 427 g/mol. The molecule has 3 heterocycles. The van der Waals surface area contributed by atoms with Gasteiger partial charge in [-0.2, -0.15) is 15.1 Å². The molecule has 0 amide bonds. The number of anilines is 4. The Bertz CT molecular complexity index is 1230. The molecular formula is C24H25N7O. The molecule has 0 unspecified atom stereocenters. The van der Waals surface area contributed by atoms with E-state index in [1.165, 1.54) is 5.56 Å². The molecule has 1 aliphatic rings. The minimum Gasteiger partial charge on any atom is -0.378 e. The second kappa shape index (κ2) is 9.07. The number of aromatic nitrogens is 3. The first-order valence-corrected chi connectivity index (χ1v) is 10.7. The number of H-pyrrole nitrogens is 1. The smallest absolute Gasteiger partial charge is 0.247 e. The third-order valence-corrected chi connectivity index (χ3v) is 5.36. The molecule has 8 nitrogen and oxygen atoms in total. The summed E-state index contributed by atoms with van der Waals surface area (Å²) in [7, 11) is 0. The molecule has 0 saturated carbocycles. The van der Waals surface area contributed by atoms with Crippen molar-refractivity contribution in [2.45, 2.75) is 6.92 Å². The van der Waals surface area contributed by atoms with Gasteiger partial charge in [-0.05, 0) is 25.1 Å². The highest BCUT2D eigenvalue weighted by molar-refractivity contribution is 5.99. The summed E-state index contributed by atoms with van der Waals surface area (Å²) in [5, 5.41) is 8.88. The molecule has 2 aromatic heterocycles. The average Bonchev–Trinajstić information content (AvgIpc) is 3.24. The molecule has 0 bridgehead atoms. The fourth-order valence-electron chi connectivity index (χ4n) is 3.65. The van der Waals surface area contributed by atoms with Crippen LogP contribution in [0.1, 0.15) is 11.1 Å². The van der Waals surface area contributed by atoms with Crippen molar-refractivity contribution in [2.75, 3.05) is 41.9 Å². The summed E-state index contributed by atoms with van der Waals surface area (Å²) in [6.07, 6.45) is 3.71. The van der Waals surface area contributed by atoms with E-state index in [9.17, 15) is 0 Å². The van der Waals surface area contributed by atoms with Gasteiger partial charge in [-0.1, -0.05) is 35.9 Å². The van der Waals surface area contributed by atoms with Crippen LogP contribution in [0.5, 0.6) is 0 Å². The van der Waals surface area contributed by atoms with Gasteiger partial charge in [-0.15, -0.1) is 0 Å². The minimum atomic E-state index is 0.430. The molecule has 2 aromatic carbocycles. The van der Waals surface area contributed by atoms with Gasteiger partial charge in [-0.25, -0.2) is 5.43 Å². The Morgan fingerprint density at radius 3 is 2.72 bits per heavy atom. The number of fused-ring (bicyclic) bond motifs is 1. The van der Waals surface area contributed by atoms with Crippen molar-refractivity contribution in [1.29, 1.82) is 0 Å². The van der Waals surface area contributed by atoms with Crippen molar-refractivity contribution < 1.29 is 4.74 Å². The average molecular weight is 428 g/mol. The summed E-state index contributed by atoms with van der Waals surface area (Å²) in [6, 6.07) is 18.3. The highest BCUT2D eigenvalue weighted by Crippen LogP contribution is 2.23. The van der Waals surface area contributed by atoms with Gasteiger partial charge in [-0.3, -0.25) is 0 Å². The fraction of sp³-hybridized carbons (Fsp3) is 0.208. The predicted molar refractivity (Wildman–Crippen MR) is 129 cm³/mol. The number of ether oxygens (including phenoxy) is 1. The number of rotatable bonds is 6. The number of hydrazone groups is 1. The van der Waals surface area contributed by atoms with Crippen LogP contribution in [-0.2, 0) is 4.74 Å². The Morgan fingerprint density at radius 2 is 1.88 bits per heavy atom. The first kappa shape index (κ1) is 20.0. The number of aryl methyl sites for hydroxylation is 1. The van der Waals surface area contributed by atoms with E-state index in [1.54, 1.807) is 6.21 Å². The Morgan fingerprint density at radius 1 is 1.06 bits per heavy atom. The Hall–Kier alpha value is -3.91. The van der Waals surface area contributed by atoms with Crippen LogP contribution in [0, 0.1) is 6.92 Å². The standard InChI is InChI=1S/C24H25N7O/c1-17-6-8-19(9-7-17)27-22-14-23(31-10-12-32-13-11-31)29-24(28-22)30-26-16-18-15-25-21-5-3-2-4-20(18)21/h2-9,14-16,25H,10-13H2,1H3,(H2,27,28,29,30)/b26-16-. The number of hydrogen-bond acceptors (Lipinski definition) is 7. The maximum absolute atomic E-state index is 5.49. The molecular weight excluding hydrogens is 402 g/mol. The van der Waals surface area contributed by atoms with Crippen molar-refractivity contribution in [3.63, 3.8) is 0 Å². The molecule has 0 atom stereocenters. The molecule has 0 aliphatic carbocycles. The van der Waals surface area contributed by atoms with Gasteiger partial charge in [0.1, 0.15) is 11.6 Å². The lowest BCUT2D eigenvalue weighted by Gasteiger charge is -2.28. The van der Waals surface area contributed by atoms with Crippen LogP contribution < -0.4 is 15.6 Å². The van der Waals surface area contributed by atoms with Crippen molar-refractivity contribution in [2.24, 2.45) is 5.10 Å². The Kier molecular flexibility index (Phi) is 5.67. The number of nitrogens with one attached hydrogen (secondary N) is 3. The zero-order valence-electron chi connectivity index (χ0n) is 17.9. The van der Waals surface area contributed by atoms with Gasteiger partial charge in [0.15, 0.2) is 0 Å². The summed E-state index contributed by atoms with van der Waals surface area (Å²) < 4.78 is 5.49. The van der Waals surface area contributed by atoms with E-state index in [0.717, 1.165) is 41.1 Å². The zero-order chi connectivity index (χ0) is 21.8. The number of para-hydroxylation sites is 1. The van der Waals surface area contributed by atoms with Crippen LogP contribution in [0.25, 0.3) is 10.9 Å². The maximum Gasteiger partial charge on any atom is 0.247 e. The molecule has 0 spiro atoms. The van der Waals surface area contributed by atoms with E-state index >= 15 is 0 Å². The zero-order valence-corrected chi connectivity index (χ0v) is 17.9. The summed E-state index contributed by atoms with van der Waals surface area (Å²) >= 11 is 0. The summed E-state index contributed by atoms with van der Waals surface area (Å²) in [4.78, 5) is 14.7. The highest BCUT2D eigenvalue weighted by atomic mass is 16.5. The van der Waals surface area contributed by atoms with E-state index in [0.29, 0.717) is 25.0 Å². The molecule has 4 aromatic rings. The molecule has 1 saturated heterocycles. The second-order valence-electron chi connectivity index (χ2n) is 7.69. The SMILES string of the molecule is Cc1ccc(Nc2cc(N3CCOCC3)nc(N/N=C\c3c[nH]c4ccccc34)n2)cc1. The van der Waals surface area contributed by atoms with Crippen molar-refractivity contribution in [3.05, 3.63) is 71.9 Å². The molecule has 0 radical (unpaired) electrons. The van der Waals surface area contributed by atoms with Crippen LogP contribution in [0.15, 0.2) is 65.9 Å². The predicted octanol–water partition coefficient (Wildman–Crippen LogP) is 4.29. The van der Waals surface area contributed by atoms with Crippen LogP contribution in [0.2, 0.25) is 0 Å². The molecule has 8 heteroatoms. The van der Waals surface area contributed by atoms with E-state index in [4.69, 9.17) is 4.74 Å². The highest BCUT2D eigenvalue weighted by Gasteiger charge is 2.15. The largest absolute Gasteiger partial charge is 0.378 e. The second-order valence-corrected chi connectivity index (χ2v) is 7.69. The van der Waals surface area contributed by atoms with Crippen LogP contribution in [0.3, 0.4) is 0 Å². The summed E-state index contributed by atoms with van der Waals surface area (Å²) in [6.45, 7) is 5.02. The lowest BCUT2D eigenvalue weighted by molar-refractivity contribution is 0.122. The van der Waals surface area contributed by atoms with Gasteiger partial charge in [0.05, 0.1) is 19.4 Å². The fourth-order valence-corrected chi connectivity index (χ4v) is 3.65. The summed E-state index contributed by atoms with van der Waals surface area (Å²) in [5.41, 5.74) is 7.24. The van der Waals surface area contributed by atoms with Gasteiger partial charge in [0, 0.05) is 47.5 Å². The van der Waals surface area contributed by atoms with Gasteiger partial charge >= 0.3 is 0 Å². The van der Waals surface area contributed by atoms with E-state index in [-0.39, 0.29) is 0 Å². The molecule has 1 fully saturated rings. The van der Waals surface area contributed by atoms with Gasteiger partial charge in [0.25, 0.3) is 0 Å². The van der Waals surface area contributed by atoms with Crippen LogP contribution in [-0.4, -0.2) is 47.5 Å². The van der Waals surface area contributed by atoms with Crippen molar-refractivity contribution >= 4 is 40.4 Å². The number of nitrogens with zero attached hydrogens (tertiary/aromatic N) is 4. The quantitative estimate of drug-likeness (QED) is 0.314. The lowest BCUT2D eigenvalue weighted by atomic mass is 10.2. The van der Waals surface area contributed by atoms with Crippen molar-refractivity contribution in [3.8, 4) is 0 Å². The number of hydrogen-bond donors (Lipinski definition) is 3. The molecule has 1 aliphatic heterocycles. The molecule has 5 rings (SSSR count). The van der Waals surface area contributed by atoms with E-state index in [1.807, 2.05) is 42.6 Å². The van der Waals surface area contributed by atoms with Crippen molar-refractivity contribution in [1.82, 2.24) is 15.0 Å². The van der Waals surface area contributed by atoms with Gasteiger partial charge in [0.2, 0.25) is 5.95 Å². The minimum absolute atomic E-state index is 0.430. The number of morpholine rings is 1.